The number of hydrogen-bond donors (Lipinski definition) is 0. The van der Waals surface area contributed by atoms with Gasteiger partial charge in [0.15, 0.2) is 5.78 Å². The van der Waals surface area contributed by atoms with Crippen molar-refractivity contribution in [2.75, 3.05) is 6.61 Å². The topological polar surface area (TPSA) is 43.4 Å². The summed E-state index contributed by atoms with van der Waals surface area (Å²) in [5, 5.41) is 0.580. The van der Waals surface area contributed by atoms with Crippen LogP contribution in [0.1, 0.15) is 37.6 Å². The van der Waals surface area contributed by atoms with Crippen LogP contribution in [0.4, 0.5) is 0 Å². The van der Waals surface area contributed by atoms with E-state index in [-0.39, 0.29) is 18.2 Å². The summed E-state index contributed by atoms with van der Waals surface area (Å²) in [5.74, 6) is -0.447. The summed E-state index contributed by atoms with van der Waals surface area (Å²) < 4.78 is 4.95. The third kappa shape index (κ3) is 3.84. The van der Waals surface area contributed by atoms with Crippen LogP contribution in [0.15, 0.2) is 24.3 Å². The van der Waals surface area contributed by atoms with Gasteiger partial charge in [-0.2, -0.15) is 0 Å². The Balaban J connectivity index is 2.75. The van der Waals surface area contributed by atoms with E-state index < -0.39 is 5.41 Å². The molecule has 0 fully saturated rings. The first-order valence-corrected chi connectivity index (χ1v) is 6.20. The van der Waals surface area contributed by atoms with Crippen molar-refractivity contribution < 1.29 is 14.3 Å². The van der Waals surface area contributed by atoms with Crippen molar-refractivity contribution in [2.24, 2.45) is 5.41 Å². The molecule has 1 aromatic rings. The Kier molecular flexibility index (Phi) is 4.91. The second-order valence-electron chi connectivity index (χ2n) is 4.71. The zero-order valence-electron chi connectivity index (χ0n) is 10.8. The van der Waals surface area contributed by atoms with Crippen molar-refractivity contribution in [2.45, 2.75) is 27.2 Å². The van der Waals surface area contributed by atoms with Crippen molar-refractivity contribution in [3.63, 3.8) is 0 Å². The average Bonchev–Trinajstić information content (AvgIpc) is 2.29. The molecule has 0 aromatic heterocycles. The first-order valence-electron chi connectivity index (χ1n) is 5.83. The number of halogens is 1. The Morgan fingerprint density at radius 1 is 1.22 bits per heavy atom. The molecule has 0 spiro atoms. The molecule has 1 aromatic carbocycles. The number of benzene rings is 1. The van der Waals surface area contributed by atoms with Crippen LogP contribution in [0.2, 0.25) is 5.02 Å². The van der Waals surface area contributed by atoms with Crippen LogP contribution in [-0.4, -0.2) is 18.4 Å². The zero-order chi connectivity index (χ0) is 13.8. The van der Waals surface area contributed by atoms with E-state index in [0.717, 1.165) is 0 Å². The Morgan fingerprint density at radius 3 is 2.28 bits per heavy atom. The number of hydrogen-bond acceptors (Lipinski definition) is 3. The molecular weight excluding hydrogens is 252 g/mol. The summed E-state index contributed by atoms with van der Waals surface area (Å²) >= 11 is 5.76. The average molecular weight is 269 g/mol. The molecule has 0 aliphatic rings. The summed E-state index contributed by atoms with van der Waals surface area (Å²) in [5.41, 5.74) is -0.260. The van der Waals surface area contributed by atoms with Crippen molar-refractivity contribution >= 4 is 23.4 Å². The predicted molar refractivity (Wildman–Crippen MR) is 70.8 cm³/mol. The van der Waals surface area contributed by atoms with Crippen LogP contribution >= 0.6 is 11.6 Å². The third-order valence-corrected chi connectivity index (χ3v) is 2.85. The van der Waals surface area contributed by atoms with Gasteiger partial charge >= 0.3 is 5.97 Å². The third-order valence-electron chi connectivity index (χ3n) is 2.60. The maximum absolute atomic E-state index is 12.0. The fourth-order valence-corrected chi connectivity index (χ4v) is 1.66. The standard InChI is InChI=1S/C14H17ClO3/c1-4-18-13(17)14(2,3)9-12(16)10-5-7-11(15)8-6-10/h5-8H,4,9H2,1-3H3. The monoisotopic (exact) mass is 268 g/mol. The van der Waals surface area contributed by atoms with Crippen LogP contribution < -0.4 is 0 Å². The highest BCUT2D eigenvalue weighted by Crippen LogP contribution is 2.25. The van der Waals surface area contributed by atoms with Gasteiger partial charge in [-0.05, 0) is 45.0 Å². The van der Waals surface area contributed by atoms with Crippen LogP contribution in [0.3, 0.4) is 0 Å². The van der Waals surface area contributed by atoms with Crippen molar-refractivity contribution in [3.8, 4) is 0 Å². The summed E-state index contributed by atoms with van der Waals surface area (Å²) in [6, 6.07) is 6.64. The molecule has 0 aliphatic carbocycles. The van der Waals surface area contributed by atoms with E-state index in [0.29, 0.717) is 17.2 Å². The second kappa shape index (κ2) is 6.01. The minimum Gasteiger partial charge on any atom is -0.466 e. The predicted octanol–water partition coefficient (Wildman–Crippen LogP) is 3.50. The van der Waals surface area contributed by atoms with Crippen molar-refractivity contribution in [3.05, 3.63) is 34.9 Å². The van der Waals surface area contributed by atoms with E-state index in [1.807, 2.05) is 0 Å². The smallest absolute Gasteiger partial charge is 0.311 e. The molecule has 0 saturated carbocycles. The fourth-order valence-electron chi connectivity index (χ4n) is 1.54. The van der Waals surface area contributed by atoms with Crippen molar-refractivity contribution in [1.29, 1.82) is 0 Å². The van der Waals surface area contributed by atoms with Gasteiger partial charge in [-0.25, -0.2) is 0 Å². The molecule has 18 heavy (non-hydrogen) atoms. The lowest BCUT2D eigenvalue weighted by Crippen LogP contribution is -2.29. The molecular formula is C14H17ClO3. The molecule has 0 amide bonds. The van der Waals surface area contributed by atoms with Crippen LogP contribution in [0.5, 0.6) is 0 Å². The second-order valence-corrected chi connectivity index (χ2v) is 5.15. The SMILES string of the molecule is CCOC(=O)C(C)(C)CC(=O)c1ccc(Cl)cc1. The van der Waals surface area contributed by atoms with Crippen LogP contribution in [0.25, 0.3) is 0 Å². The molecule has 0 atom stereocenters. The van der Waals surface area contributed by atoms with Gasteiger partial charge < -0.3 is 4.74 Å². The molecule has 4 heteroatoms. The van der Waals surface area contributed by atoms with Crippen LogP contribution in [0, 0.1) is 5.41 Å². The Labute approximate surface area is 112 Å². The van der Waals surface area contributed by atoms with Gasteiger partial charge in [-0.1, -0.05) is 11.6 Å². The molecule has 0 saturated heterocycles. The van der Waals surface area contributed by atoms with Gasteiger partial charge in [0.25, 0.3) is 0 Å². The highest BCUT2D eigenvalue weighted by Gasteiger charge is 2.32. The quantitative estimate of drug-likeness (QED) is 0.606. The molecule has 0 N–H and O–H groups in total. The minimum absolute atomic E-state index is 0.0929. The van der Waals surface area contributed by atoms with Gasteiger partial charge in [0.1, 0.15) is 0 Å². The fraction of sp³-hybridized carbons (Fsp3) is 0.429. The number of rotatable bonds is 5. The Morgan fingerprint density at radius 2 is 1.78 bits per heavy atom. The molecule has 0 unspecified atom stereocenters. The Hall–Kier alpha value is -1.35. The van der Waals surface area contributed by atoms with Crippen molar-refractivity contribution in [1.82, 2.24) is 0 Å². The first kappa shape index (κ1) is 14.7. The minimum atomic E-state index is -0.813. The lowest BCUT2D eigenvalue weighted by molar-refractivity contribution is -0.153. The molecule has 1 rings (SSSR count). The van der Waals surface area contributed by atoms with E-state index in [2.05, 4.69) is 0 Å². The molecule has 0 radical (unpaired) electrons. The normalized spacial score (nSPS) is 11.1. The van der Waals surface area contributed by atoms with Gasteiger partial charge in [0.05, 0.1) is 12.0 Å². The highest BCUT2D eigenvalue weighted by molar-refractivity contribution is 6.30. The van der Waals surface area contributed by atoms with Gasteiger partial charge in [0.2, 0.25) is 0 Å². The summed E-state index contributed by atoms with van der Waals surface area (Å²) in [7, 11) is 0. The number of carbonyl (C=O) groups is 2. The summed E-state index contributed by atoms with van der Waals surface area (Å²) in [6.07, 6.45) is 0.119. The number of ketones is 1. The summed E-state index contributed by atoms with van der Waals surface area (Å²) in [6.45, 7) is 5.48. The lowest BCUT2D eigenvalue weighted by Gasteiger charge is -2.21. The van der Waals surface area contributed by atoms with Gasteiger partial charge in [-0.15, -0.1) is 0 Å². The van der Waals surface area contributed by atoms with E-state index in [1.165, 1.54) is 0 Å². The first-order chi connectivity index (χ1) is 8.36. The lowest BCUT2D eigenvalue weighted by atomic mass is 9.85. The highest BCUT2D eigenvalue weighted by atomic mass is 35.5. The molecule has 0 aliphatic heterocycles. The number of esters is 1. The zero-order valence-corrected chi connectivity index (χ0v) is 11.6. The molecule has 0 heterocycles. The summed E-state index contributed by atoms with van der Waals surface area (Å²) in [4.78, 5) is 23.7. The van der Waals surface area contributed by atoms with Crippen LogP contribution in [-0.2, 0) is 9.53 Å². The van der Waals surface area contributed by atoms with E-state index in [1.54, 1.807) is 45.0 Å². The maximum atomic E-state index is 12.0. The van der Waals surface area contributed by atoms with Gasteiger partial charge in [0, 0.05) is 17.0 Å². The number of Topliss-reactive ketones (excluding diaryl/α,β-unsaturated/α-hetero) is 1. The largest absolute Gasteiger partial charge is 0.466 e. The molecule has 0 bridgehead atoms. The van der Waals surface area contributed by atoms with E-state index in [4.69, 9.17) is 16.3 Å². The Bertz CT molecular complexity index is 435. The maximum Gasteiger partial charge on any atom is 0.311 e. The molecule has 98 valence electrons. The van der Waals surface area contributed by atoms with E-state index >= 15 is 0 Å². The molecule has 3 nitrogen and oxygen atoms in total. The van der Waals surface area contributed by atoms with Gasteiger partial charge in [-0.3, -0.25) is 9.59 Å². The number of ether oxygens (including phenoxy) is 1. The van der Waals surface area contributed by atoms with E-state index in [9.17, 15) is 9.59 Å². The number of carbonyl (C=O) groups excluding carboxylic acids is 2.